The Morgan fingerprint density at radius 2 is 1.47 bits per heavy atom. The van der Waals surface area contributed by atoms with Gasteiger partial charge in [-0.05, 0) is 52.9 Å². The quantitative estimate of drug-likeness (QED) is 0.526. The fourth-order valence-corrected chi connectivity index (χ4v) is 3.22. The lowest BCUT2D eigenvalue weighted by molar-refractivity contribution is -0.115. The van der Waals surface area contributed by atoms with Crippen molar-refractivity contribution in [3.63, 3.8) is 0 Å². The van der Waals surface area contributed by atoms with E-state index in [0.29, 0.717) is 22.0 Å². The van der Waals surface area contributed by atoms with Crippen LogP contribution in [0.4, 0.5) is 11.4 Å². The third-order valence-electron chi connectivity index (χ3n) is 4.73. The maximum Gasteiger partial charge on any atom is 0.255 e. The lowest BCUT2D eigenvalue weighted by atomic mass is 9.87. The van der Waals surface area contributed by atoms with Crippen molar-refractivity contribution in [1.29, 1.82) is 0 Å². The molecular formula is C25H25ClN2O2. The summed E-state index contributed by atoms with van der Waals surface area (Å²) in [6.07, 6.45) is 0.177. The number of benzene rings is 3. The van der Waals surface area contributed by atoms with Crippen molar-refractivity contribution in [2.45, 2.75) is 32.6 Å². The van der Waals surface area contributed by atoms with E-state index < -0.39 is 0 Å². The van der Waals surface area contributed by atoms with Crippen LogP contribution in [-0.4, -0.2) is 11.8 Å². The summed E-state index contributed by atoms with van der Waals surface area (Å²) in [5, 5.41) is 6.29. The first-order valence-electron chi connectivity index (χ1n) is 9.77. The summed E-state index contributed by atoms with van der Waals surface area (Å²) >= 11 is 6.12. The zero-order valence-electron chi connectivity index (χ0n) is 17.3. The second-order valence-corrected chi connectivity index (χ2v) is 8.59. The van der Waals surface area contributed by atoms with Gasteiger partial charge in [0.05, 0.1) is 6.42 Å². The van der Waals surface area contributed by atoms with Gasteiger partial charge in [-0.1, -0.05) is 68.8 Å². The van der Waals surface area contributed by atoms with Gasteiger partial charge in [0.2, 0.25) is 5.91 Å². The molecule has 0 aliphatic rings. The molecule has 3 aromatic carbocycles. The van der Waals surface area contributed by atoms with Gasteiger partial charge >= 0.3 is 0 Å². The molecule has 0 unspecified atom stereocenters. The van der Waals surface area contributed by atoms with Gasteiger partial charge in [-0.3, -0.25) is 9.59 Å². The van der Waals surface area contributed by atoms with Crippen LogP contribution in [0.5, 0.6) is 0 Å². The van der Waals surface area contributed by atoms with Crippen LogP contribution in [0.25, 0.3) is 0 Å². The maximum absolute atomic E-state index is 12.6. The summed E-state index contributed by atoms with van der Waals surface area (Å²) in [5.74, 6) is -0.376. The van der Waals surface area contributed by atoms with Crippen LogP contribution in [0.3, 0.4) is 0 Å². The Bertz CT molecular complexity index is 1050. The Balaban J connectivity index is 1.64. The Morgan fingerprint density at radius 1 is 0.833 bits per heavy atom. The highest BCUT2D eigenvalue weighted by Gasteiger charge is 2.14. The summed E-state index contributed by atoms with van der Waals surface area (Å²) in [4.78, 5) is 24.9. The van der Waals surface area contributed by atoms with Gasteiger partial charge in [0.15, 0.2) is 0 Å². The molecule has 0 aliphatic heterocycles. The third-order valence-corrected chi connectivity index (χ3v) is 5.09. The van der Waals surface area contributed by atoms with Gasteiger partial charge in [-0.15, -0.1) is 0 Å². The Kier molecular flexibility index (Phi) is 6.58. The maximum atomic E-state index is 12.6. The molecule has 3 aromatic rings. The molecule has 3 rings (SSSR count). The molecule has 0 fully saturated rings. The van der Waals surface area contributed by atoms with Gasteiger partial charge in [0.25, 0.3) is 5.91 Å². The molecule has 5 heteroatoms. The number of halogens is 1. The van der Waals surface area contributed by atoms with E-state index in [2.05, 4.69) is 31.4 Å². The predicted octanol–water partition coefficient (Wildman–Crippen LogP) is 6.07. The van der Waals surface area contributed by atoms with Crippen LogP contribution in [0.15, 0.2) is 72.8 Å². The van der Waals surface area contributed by atoms with E-state index in [-0.39, 0.29) is 23.7 Å². The first kappa shape index (κ1) is 21.6. The third kappa shape index (κ3) is 5.71. The van der Waals surface area contributed by atoms with E-state index in [4.69, 9.17) is 11.6 Å². The number of anilines is 2. The molecule has 154 valence electrons. The highest BCUT2D eigenvalue weighted by molar-refractivity contribution is 6.31. The van der Waals surface area contributed by atoms with Crippen molar-refractivity contribution in [3.8, 4) is 0 Å². The summed E-state index contributed by atoms with van der Waals surface area (Å²) < 4.78 is 0. The van der Waals surface area contributed by atoms with Gasteiger partial charge in [-0.2, -0.15) is 0 Å². The van der Waals surface area contributed by atoms with Gasteiger partial charge in [-0.25, -0.2) is 0 Å². The van der Waals surface area contributed by atoms with Crippen molar-refractivity contribution in [3.05, 3.63) is 94.5 Å². The second-order valence-electron chi connectivity index (χ2n) is 8.18. The van der Waals surface area contributed by atoms with Crippen LogP contribution in [0.2, 0.25) is 5.02 Å². The van der Waals surface area contributed by atoms with Gasteiger partial charge in [0.1, 0.15) is 0 Å². The monoisotopic (exact) mass is 420 g/mol. The van der Waals surface area contributed by atoms with E-state index in [1.165, 1.54) is 5.56 Å². The van der Waals surface area contributed by atoms with E-state index >= 15 is 0 Å². The van der Waals surface area contributed by atoms with E-state index in [0.717, 1.165) is 5.56 Å². The Hall–Kier alpha value is -3.11. The molecular weight excluding hydrogens is 396 g/mol. The van der Waals surface area contributed by atoms with Crippen molar-refractivity contribution >= 4 is 34.8 Å². The van der Waals surface area contributed by atoms with E-state index in [1.807, 2.05) is 42.5 Å². The number of carbonyl (C=O) groups is 2. The fourth-order valence-electron chi connectivity index (χ4n) is 3.02. The molecule has 0 heterocycles. The fraction of sp³-hybridized carbons (Fsp3) is 0.200. The van der Waals surface area contributed by atoms with Crippen LogP contribution < -0.4 is 10.6 Å². The second kappa shape index (κ2) is 9.14. The smallest absolute Gasteiger partial charge is 0.255 e. The molecule has 0 saturated heterocycles. The lowest BCUT2D eigenvalue weighted by Crippen LogP contribution is -2.16. The van der Waals surface area contributed by atoms with Gasteiger partial charge in [0, 0.05) is 22.0 Å². The lowest BCUT2D eigenvalue weighted by Gasteiger charge is -2.19. The first-order valence-corrected chi connectivity index (χ1v) is 10.2. The summed E-state index contributed by atoms with van der Waals surface area (Å²) in [6, 6.07) is 21.9. The highest BCUT2D eigenvalue weighted by Crippen LogP contribution is 2.23. The molecule has 4 nitrogen and oxygen atoms in total. The normalized spacial score (nSPS) is 11.1. The average Bonchev–Trinajstić information content (AvgIpc) is 2.69. The number of amides is 2. The molecule has 0 radical (unpaired) electrons. The summed E-state index contributed by atoms with van der Waals surface area (Å²) in [5.41, 5.74) is 3.76. The Labute approximate surface area is 182 Å². The molecule has 0 bridgehead atoms. The van der Waals surface area contributed by atoms with Crippen molar-refractivity contribution in [1.82, 2.24) is 0 Å². The zero-order valence-corrected chi connectivity index (χ0v) is 18.1. The van der Waals surface area contributed by atoms with E-state index in [1.54, 1.807) is 30.3 Å². The molecule has 0 atom stereocenters. The largest absolute Gasteiger partial charge is 0.326 e. The topological polar surface area (TPSA) is 58.2 Å². The Morgan fingerprint density at radius 3 is 2.10 bits per heavy atom. The molecule has 0 saturated carbocycles. The predicted molar refractivity (Wildman–Crippen MR) is 123 cm³/mol. The summed E-state index contributed by atoms with van der Waals surface area (Å²) in [7, 11) is 0. The molecule has 2 N–H and O–H groups in total. The minimum absolute atomic E-state index is 0.0333. The SMILES string of the molecule is CC(C)(C)c1ccc(C(=O)Nc2cccc(NC(=O)Cc3ccccc3Cl)c2)cc1. The van der Waals surface area contributed by atoms with Crippen LogP contribution in [0.1, 0.15) is 42.3 Å². The number of hydrogen-bond donors (Lipinski definition) is 2. The van der Waals surface area contributed by atoms with Crippen LogP contribution in [0, 0.1) is 0 Å². The van der Waals surface area contributed by atoms with Crippen LogP contribution in [-0.2, 0) is 16.6 Å². The minimum Gasteiger partial charge on any atom is -0.326 e. The van der Waals surface area contributed by atoms with E-state index in [9.17, 15) is 9.59 Å². The van der Waals surface area contributed by atoms with Crippen LogP contribution >= 0.6 is 11.6 Å². The molecule has 0 aliphatic carbocycles. The molecule has 30 heavy (non-hydrogen) atoms. The van der Waals surface area contributed by atoms with Crippen molar-refractivity contribution < 1.29 is 9.59 Å². The number of rotatable bonds is 5. The zero-order chi connectivity index (χ0) is 21.7. The van der Waals surface area contributed by atoms with Crippen molar-refractivity contribution in [2.24, 2.45) is 0 Å². The number of nitrogens with one attached hydrogen (secondary N) is 2. The summed E-state index contributed by atoms with van der Waals surface area (Å²) in [6.45, 7) is 6.40. The number of carbonyl (C=O) groups excluding carboxylic acids is 2. The number of hydrogen-bond acceptors (Lipinski definition) is 2. The molecule has 0 spiro atoms. The first-order chi connectivity index (χ1) is 14.2. The van der Waals surface area contributed by atoms with Crippen molar-refractivity contribution in [2.75, 3.05) is 10.6 Å². The molecule has 0 aromatic heterocycles. The molecule has 2 amide bonds. The highest BCUT2D eigenvalue weighted by atomic mass is 35.5. The minimum atomic E-state index is -0.199. The average molecular weight is 421 g/mol. The standard InChI is InChI=1S/C25H25ClN2O2/c1-25(2,3)19-13-11-17(12-14-19)24(30)28-21-9-6-8-20(16-21)27-23(29)15-18-7-4-5-10-22(18)26/h4-14,16H,15H2,1-3H3,(H,27,29)(H,28,30). The van der Waals surface area contributed by atoms with Gasteiger partial charge < -0.3 is 10.6 Å².